The molecule has 0 spiro atoms. The zero-order chi connectivity index (χ0) is 11.3. The van der Waals surface area contributed by atoms with E-state index >= 15 is 0 Å². The van der Waals surface area contributed by atoms with Gasteiger partial charge in [0.05, 0.1) is 24.4 Å². The van der Waals surface area contributed by atoms with Crippen molar-refractivity contribution in [3.05, 3.63) is 16.6 Å². The Kier molecular flexibility index (Phi) is 4.67. The first-order valence-electron chi connectivity index (χ1n) is 4.51. The van der Waals surface area contributed by atoms with E-state index in [0.717, 1.165) is 5.69 Å². The number of likely N-dealkylation sites (N-methyl/N-ethyl adjacent to an activating group) is 1. The third-order valence-electron chi connectivity index (χ3n) is 1.92. The Hall–Kier alpha value is -0.980. The molecule has 1 heterocycles. The quantitative estimate of drug-likeness (QED) is 0.776. The van der Waals surface area contributed by atoms with Crippen LogP contribution >= 0.6 is 11.3 Å². The molecule has 0 bridgehead atoms. The zero-order valence-corrected chi connectivity index (χ0v) is 9.66. The number of carbonyl (C=O) groups excluding carboxylic acids is 1. The Bertz CT molecular complexity index is 302. The minimum atomic E-state index is -0.598. The van der Waals surface area contributed by atoms with Gasteiger partial charge in [0.2, 0.25) is 5.91 Å². The molecule has 0 radical (unpaired) electrons. The van der Waals surface area contributed by atoms with E-state index in [2.05, 4.69) is 4.98 Å². The van der Waals surface area contributed by atoms with Crippen molar-refractivity contribution < 1.29 is 9.53 Å². The molecule has 0 aliphatic rings. The number of aromatic nitrogens is 1. The van der Waals surface area contributed by atoms with Crippen LogP contribution in [0.4, 0.5) is 0 Å². The number of nitrogens with zero attached hydrogens (tertiary/aromatic N) is 2. The van der Waals surface area contributed by atoms with Crippen molar-refractivity contribution in [3.63, 3.8) is 0 Å². The molecule has 6 heteroatoms. The molecule has 5 nitrogen and oxygen atoms in total. The highest BCUT2D eigenvalue weighted by Gasteiger charge is 2.18. The first kappa shape index (κ1) is 12.1. The Morgan fingerprint density at radius 1 is 1.80 bits per heavy atom. The zero-order valence-electron chi connectivity index (χ0n) is 8.84. The molecule has 1 aromatic heterocycles. The van der Waals surface area contributed by atoms with Crippen molar-refractivity contribution in [2.45, 2.75) is 12.6 Å². The molecular weight excluding hydrogens is 214 g/mol. The van der Waals surface area contributed by atoms with Crippen LogP contribution in [0.2, 0.25) is 0 Å². The Morgan fingerprint density at radius 3 is 3.07 bits per heavy atom. The van der Waals surface area contributed by atoms with E-state index in [1.54, 1.807) is 17.5 Å². The molecule has 0 aliphatic heterocycles. The summed E-state index contributed by atoms with van der Waals surface area (Å²) in [5, 5.41) is 1.91. The predicted molar refractivity (Wildman–Crippen MR) is 58.4 cm³/mol. The van der Waals surface area contributed by atoms with Crippen molar-refractivity contribution in [3.8, 4) is 0 Å². The van der Waals surface area contributed by atoms with Gasteiger partial charge in [-0.25, -0.2) is 4.98 Å². The van der Waals surface area contributed by atoms with Gasteiger partial charge in [0.25, 0.3) is 0 Å². The van der Waals surface area contributed by atoms with Crippen molar-refractivity contribution in [1.82, 2.24) is 9.88 Å². The molecule has 0 aliphatic carbocycles. The van der Waals surface area contributed by atoms with E-state index in [1.165, 1.54) is 18.4 Å². The standard InChI is InChI=1S/C9H15N3O2S/c1-12(3-7-5-15-6-11-7)9(13)8(10)4-14-2/h5-6,8H,3-4,10H2,1-2H3. The van der Waals surface area contributed by atoms with Gasteiger partial charge in [-0.3, -0.25) is 4.79 Å². The molecular formula is C9H15N3O2S. The number of hydrogen-bond donors (Lipinski definition) is 1. The summed E-state index contributed by atoms with van der Waals surface area (Å²) in [5.41, 5.74) is 8.24. The molecule has 84 valence electrons. The van der Waals surface area contributed by atoms with Crippen LogP contribution in [0.15, 0.2) is 10.9 Å². The van der Waals surface area contributed by atoms with Gasteiger partial charge in [0.1, 0.15) is 6.04 Å². The third kappa shape index (κ3) is 3.58. The Morgan fingerprint density at radius 2 is 2.53 bits per heavy atom. The lowest BCUT2D eigenvalue weighted by atomic mass is 10.3. The fourth-order valence-corrected chi connectivity index (χ4v) is 1.72. The van der Waals surface area contributed by atoms with Gasteiger partial charge in [-0.1, -0.05) is 0 Å². The molecule has 0 aromatic carbocycles. The third-order valence-corrected chi connectivity index (χ3v) is 2.56. The SMILES string of the molecule is COCC(N)C(=O)N(C)Cc1cscn1. The smallest absolute Gasteiger partial charge is 0.241 e. The summed E-state index contributed by atoms with van der Waals surface area (Å²) in [6.45, 7) is 0.722. The molecule has 1 aromatic rings. The van der Waals surface area contributed by atoms with Crippen LogP contribution in [0.25, 0.3) is 0 Å². The maximum Gasteiger partial charge on any atom is 0.241 e. The van der Waals surface area contributed by atoms with E-state index in [4.69, 9.17) is 10.5 Å². The Balaban J connectivity index is 2.46. The van der Waals surface area contributed by atoms with Gasteiger partial charge in [-0.15, -0.1) is 11.3 Å². The fourth-order valence-electron chi connectivity index (χ4n) is 1.17. The lowest BCUT2D eigenvalue weighted by molar-refractivity contribution is -0.133. The minimum absolute atomic E-state index is 0.134. The topological polar surface area (TPSA) is 68.5 Å². The molecule has 15 heavy (non-hydrogen) atoms. The summed E-state index contributed by atoms with van der Waals surface area (Å²) in [7, 11) is 3.23. The van der Waals surface area contributed by atoms with Gasteiger partial charge in [0.15, 0.2) is 0 Å². The van der Waals surface area contributed by atoms with Gasteiger partial charge in [-0.05, 0) is 0 Å². The van der Waals surface area contributed by atoms with E-state index in [-0.39, 0.29) is 12.5 Å². The molecule has 1 unspecified atom stereocenters. The number of nitrogens with two attached hydrogens (primary N) is 1. The number of carbonyl (C=O) groups is 1. The second-order valence-electron chi connectivity index (χ2n) is 3.24. The summed E-state index contributed by atoms with van der Waals surface area (Å²) in [6.07, 6.45) is 0. The van der Waals surface area contributed by atoms with E-state index < -0.39 is 6.04 Å². The van der Waals surface area contributed by atoms with Gasteiger partial charge < -0.3 is 15.4 Å². The summed E-state index contributed by atoms with van der Waals surface area (Å²) >= 11 is 1.51. The Labute approximate surface area is 92.9 Å². The average Bonchev–Trinajstić information content (AvgIpc) is 2.69. The summed E-state index contributed by atoms with van der Waals surface area (Å²) in [6, 6.07) is -0.598. The van der Waals surface area contributed by atoms with Gasteiger partial charge in [-0.2, -0.15) is 0 Å². The average molecular weight is 229 g/mol. The van der Waals surface area contributed by atoms with E-state index in [1.807, 2.05) is 5.38 Å². The predicted octanol–water partition coefficient (Wildman–Crippen LogP) is 0.0752. The molecule has 1 atom stereocenters. The number of ether oxygens (including phenoxy) is 1. The van der Waals surface area contributed by atoms with Crippen molar-refractivity contribution in [1.29, 1.82) is 0 Å². The number of hydrogen-bond acceptors (Lipinski definition) is 5. The second kappa shape index (κ2) is 5.79. The summed E-state index contributed by atoms with van der Waals surface area (Å²) < 4.78 is 4.82. The van der Waals surface area contributed by atoms with Gasteiger partial charge >= 0.3 is 0 Å². The molecule has 0 saturated heterocycles. The number of methoxy groups -OCH3 is 1. The highest BCUT2D eigenvalue weighted by molar-refractivity contribution is 7.07. The number of thiazole rings is 1. The fraction of sp³-hybridized carbons (Fsp3) is 0.556. The van der Waals surface area contributed by atoms with Crippen LogP contribution in [0.1, 0.15) is 5.69 Å². The number of rotatable bonds is 5. The van der Waals surface area contributed by atoms with Crippen LogP contribution in [0.3, 0.4) is 0 Å². The van der Waals surface area contributed by atoms with Crippen molar-refractivity contribution in [2.24, 2.45) is 5.73 Å². The highest BCUT2D eigenvalue weighted by Crippen LogP contribution is 2.04. The lowest BCUT2D eigenvalue weighted by Crippen LogP contribution is -2.44. The molecule has 0 fully saturated rings. The summed E-state index contributed by atoms with van der Waals surface area (Å²) in [4.78, 5) is 17.3. The minimum Gasteiger partial charge on any atom is -0.383 e. The molecule has 1 rings (SSSR count). The van der Waals surface area contributed by atoms with Crippen molar-refractivity contribution >= 4 is 17.2 Å². The maximum absolute atomic E-state index is 11.7. The molecule has 2 N–H and O–H groups in total. The van der Waals surface area contributed by atoms with Gasteiger partial charge in [0, 0.05) is 19.5 Å². The summed E-state index contributed by atoms with van der Waals surface area (Å²) in [5.74, 6) is -0.134. The van der Waals surface area contributed by atoms with Crippen molar-refractivity contribution in [2.75, 3.05) is 20.8 Å². The van der Waals surface area contributed by atoms with Crippen LogP contribution in [0.5, 0.6) is 0 Å². The van der Waals surface area contributed by atoms with Crippen LogP contribution in [0, 0.1) is 0 Å². The van der Waals surface area contributed by atoms with E-state index in [0.29, 0.717) is 6.54 Å². The van der Waals surface area contributed by atoms with E-state index in [9.17, 15) is 4.79 Å². The highest BCUT2D eigenvalue weighted by atomic mass is 32.1. The normalized spacial score (nSPS) is 12.5. The maximum atomic E-state index is 11.7. The largest absolute Gasteiger partial charge is 0.383 e. The molecule has 1 amide bonds. The van der Waals surface area contributed by atoms with Crippen LogP contribution < -0.4 is 5.73 Å². The number of amides is 1. The first-order valence-corrected chi connectivity index (χ1v) is 5.46. The first-order chi connectivity index (χ1) is 7.15. The van der Waals surface area contributed by atoms with Crippen LogP contribution in [-0.2, 0) is 16.1 Å². The molecule has 0 saturated carbocycles. The second-order valence-corrected chi connectivity index (χ2v) is 3.95. The van der Waals surface area contributed by atoms with Crippen LogP contribution in [-0.4, -0.2) is 42.6 Å². The lowest BCUT2D eigenvalue weighted by Gasteiger charge is -2.19. The monoisotopic (exact) mass is 229 g/mol.